The molecule has 0 saturated carbocycles. The van der Waals surface area contributed by atoms with Gasteiger partial charge in [-0.2, -0.15) is 0 Å². The van der Waals surface area contributed by atoms with Crippen LogP contribution in [0.1, 0.15) is 30.1 Å². The van der Waals surface area contributed by atoms with Gasteiger partial charge in [-0.25, -0.2) is 5.26 Å². The molecule has 2 atom stereocenters. The van der Waals surface area contributed by atoms with E-state index in [0.717, 1.165) is 12.3 Å². The van der Waals surface area contributed by atoms with Gasteiger partial charge in [0.1, 0.15) is 12.2 Å². The van der Waals surface area contributed by atoms with Gasteiger partial charge in [0.05, 0.1) is 0 Å². The van der Waals surface area contributed by atoms with Crippen molar-refractivity contribution in [3.05, 3.63) is 29.6 Å². The van der Waals surface area contributed by atoms with Crippen LogP contribution in [0.4, 0.5) is 0 Å². The summed E-state index contributed by atoms with van der Waals surface area (Å²) in [5.74, 6) is 2.94. The lowest BCUT2D eigenvalue weighted by Crippen LogP contribution is -2.46. The Morgan fingerprint density at radius 1 is 1.53 bits per heavy atom. The van der Waals surface area contributed by atoms with E-state index in [4.69, 9.17) is 5.26 Å². The van der Waals surface area contributed by atoms with Gasteiger partial charge >= 0.3 is 7.41 Å². The van der Waals surface area contributed by atoms with Crippen molar-refractivity contribution in [3.8, 4) is 5.97 Å². The first kappa shape index (κ1) is 10.8. The largest absolute Gasteiger partial charge is 0.671 e. The van der Waals surface area contributed by atoms with Gasteiger partial charge in [0.25, 0.3) is 0 Å². The monoisotopic (exact) mass is 225 g/mol. The molecule has 0 unspecified atom stereocenters. The summed E-state index contributed by atoms with van der Waals surface area (Å²) in [6.07, 6.45) is 5.66. The molecule has 2 aliphatic rings. The Kier molecular flexibility index (Phi) is 2.64. The highest BCUT2D eigenvalue weighted by molar-refractivity contribution is 6.35. The third-order valence-corrected chi connectivity index (χ3v) is 4.21. The van der Waals surface area contributed by atoms with E-state index in [9.17, 15) is 0 Å². The summed E-state index contributed by atoms with van der Waals surface area (Å²) in [6, 6.07) is 4.86. The molecule has 0 aromatic carbocycles. The third kappa shape index (κ3) is 1.66. The van der Waals surface area contributed by atoms with Crippen molar-refractivity contribution in [2.45, 2.75) is 25.3 Å². The molecule has 0 N–H and O–H groups in total. The van der Waals surface area contributed by atoms with Gasteiger partial charge in [-0.3, -0.25) is 9.38 Å². The second-order valence-electron chi connectivity index (χ2n) is 5.09. The van der Waals surface area contributed by atoms with E-state index < -0.39 is 0 Å². The number of pyridine rings is 1. The Morgan fingerprint density at radius 3 is 3.24 bits per heavy atom. The second kappa shape index (κ2) is 4.16. The highest BCUT2D eigenvalue weighted by atomic mass is 15.2. The Hall–Kier alpha value is -1.34. The van der Waals surface area contributed by atoms with Crippen LogP contribution < -0.4 is 4.48 Å². The zero-order chi connectivity index (χ0) is 11.8. The molecule has 3 nitrogen and oxygen atoms in total. The van der Waals surface area contributed by atoms with Crippen molar-refractivity contribution in [2.75, 3.05) is 13.6 Å². The molecule has 85 valence electrons. The van der Waals surface area contributed by atoms with Crippen LogP contribution in [-0.4, -0.2) is 25.9 Å². The molecule has 1 aromatic heterocycles. The topological polar surface area (TPSA) is 30.9 Å². The molecule has 17 heavy (non-hydrogen) atoms. The maximum atomic E-state index is 8.82. The molecule has 1 fully saturated rings. The molecular weight excluding hydrogens is 209 g/mol. The minimum Gasteiger partial charge on any atom is -0.299 e. The number of aromatic nitrogens is 1. The second-order valence-corrected chi connectivity index (χ2v) is 5.09. The van der Waals surface area contributed by atoms with Gasteiger partial charge in [-0.15, -0.1) is 0 Å². The molecule has 1 aliphatic heterocycles. The van der Waals surface area contributed by atoms with Gasteiger partial charge in [-0.1, -0.05) is 0 Å². The average molecular weight is 225 g/mol. The normalized spacial score (nSPS) is 27.1. The first-order chi connectivity index (χ1) is 8.31. The van der Waals surface area contributed by atoms with Gasteiger partial charge in [0.15, 0.2) is 5.69 Å². The number of hydrogen-bond acceptors (Lipinski definition) is 2. The molecule has 1 aliphatic carbocycles. The van der Waals surface area contributed by atoms with Crippen molar-refractivity contribution >= 4 is 7.41 Å². The quantitative estimate of drug-likeness (QED) is 0.664. The Bertz CT molecular complexity index is 480. The number of hydrogen-bond donors (Lipinski definition) is 0. The van der Waals surface area contributed by atoms with E-state index in [2.05, 4.69) is 30.0 Å². The number of likely N-dealkylation sites (tertiary alicyclic amines) is 1. The van der Waals surface area contributed by atoms with Gasteiger partial charge in [-0.05, 0) is 44.5 Å². The van der Waals surface area contributed by atoms with Crippen molar-refractivity contribution in [1.82, 2.24) is 4.90 Å². The third-order valence-electron chi connectivity index (χ3n) is 4.21. The summed E-state index contributed by atoms with van der Waals surface area (Å²) in [4.78, 5) is 2.46. The Labute approximate surface area is 103 Å². The average Bonchev–Trinajstić information content (AvgIpc) is 2.72. The van der Waals surface area contributed by atoms with Crippen LogP contribution in [0.2, 0.25) is 0 Å². The Morgan fingerprint density at radius 2 is 2.41 bits per heavy atom. The smallest absolute Gasteiger partial charge is 0.299 e. The molecule has 0 bridgehead atoms. The first-order valence-electron chi connectivity index (χ1n) is 6.27. The van der Waals surface area contributed by atoms with E-state index in [1.165, 1.54) is 30.6 Å². The molecule has 4 heteroatoms. The summed E-state index contributed by atoms with van der Waals surface area (Å²) in [5, 5.41) is 8.82. The summed E-state index contributed by atoms with van der Waals surface area (Å²) < 4.78 is 2.00. The molecule has 1 radical (unpaired) electrons. The van der Waals surface area contributed by atoms with Crippen LogP contribution in [0.3, 0.4) is 0 Å². The molecule has 2 heterocycles. The van der Waals surface area contributed by atoms with Crippen LogP contribution in [0.5, 0.6) is 0 Å². The van der Waals surface area contributed by atoms with Crippen LogP contribution in [-0.2, 0) is 6.42 Å². The van der Waals surface area contributed by atoms with Crippen molar-refractivity contribution in [1.29, 1.82) is 5.26 Å². The number of rotatable bonds is 1. The lowest BCUT2D eigenvalue weighted by atomic mass is 9.81. The van der Waals surface area contributed by atoms with Crippen molar-refractivity contribution < 1.29 is 4.48 Å². The van der Waals surface area contributed by atoms with Gasteiger partial charge in [0.2, 0.25) is 0 Å². The minimum atomic E-state index is 0.568. The number of nitriles is 1. The number of nitrogens with zero attached hydrogens (tertiary/aromatic N) is 3. The molecule has 0 spiro atoms. The summed E-state index contributed by atoms with van der Waals surface area (Å²) >= 11 is 0. The molecule has 0 amide bonds. The van der Waals surface area contributed by atoms with Crippen molar-refractivity contribution in [2.24, 2.45) is 5.92 Å². The maximum absolute atomic E-state index is 8.82. The van der Waals surface area contributed by atoms with Gasteiger partial charge in [0, 0.05) is 18.0 Å². The van der Waals surface area contributed by atoms with E-state index >= 15 is 0 Å². The predicted molar refractivity (Wildman–Crippen MR) is 65.2 cm³/mol. The number of fused-ring (bicyclic) bond motifs is 3. The SMILES string of the molecule is CN1CC[C@@H]2CCc3c(ccc[n+]3[B]C#N)[C@@H]21. The van der Waals surface area contributed by atoms with Crippen LogP contribution >= 0.6 is 0 Å². The van der Waals surface area contributed by atoms with E-state index in [-0.39, 0.29) is 0 Å². The fraction of sp³-hybridized carbons (Fsp3) is 0.538. The maximum Gasteiger partial charge on any atom is 0.671 e. The summed E-state index contributed by atoms with van der Waals surface area (Å²) in [7, 11) is 3.82. The highest BCUT2D eigenvalue weighted by Crippen LogP contribution is 2.42. The highest BCUT2D eigenvalue weighted by Gasteiger charge is 2.40. The molecule has 1 aromatic rings. The molecular formula is C13H16BN3+. The first-order valence-corrected chi connectivity index (χ1v) is 6.27. The minimum absolute atomic E-state index is 0.568. The fourth-order valence-electron chi connectivity index (χ4n) is 3.44. The van der Waals surface area contributed by atoms with Gasteiger partial charge < -0.3 is 0 Å². The Balaban J connectivity index is 2.06. The fourth-order valence-corrected chi connectivity index (χ4v) is 3.44. The summed E-state index contributed by atoms with van der Waals surface area (Å²) in [5.41, 5.74) is 2.75. The van der Waals surface area contributed by atoms with E-state index in [1.807, 2.05) is 10.7 Å². The van der Waals surface area contributed by atoms with Crippen molar-refractivity contribution in [3.63, 3.8) is 0 Å². The lowest BCUT2D eigenvalue weighted by Gasteiger charge is -2.30. The zero-order valence-corrected chi connectivity index (χ0v) is 10.1. The van der Waals surface area contributed by atoms with Crippen LogP contribution in [0.15, 0.2) is 18.3 Å². The lowest BCUT2D eigenvalue weighted by molar-refractivity contribution is -0.538. The zero-order valence-electron chi connectivity index (χ0n) is 10.1. The van der Waals surface area contributed by atoms with Crippen LogP contribution in [0.25, 0.3) is 0 Å². The van der Waals surface area contributed by atoms with E-state index in [1.54, 1.807) is 7.41 Å². The molecule has 1 saturated heterocycles. The van der Waals surface area contributed by atoms with Crippen LogP contribution in [0, 0.1) is 17.1 Å². The molecule has 3 rings (SSSR count). The standard InChI is InChI=1S/C13H16BN3/c1-16-8-6-10-4-5-12-11(13(10)16)3-2-7-17(12)14-9-15/h2-3,7,10,13H,4-6,8H2,1H3/q+1/t10-,13+/m0/s1. The van der Waals surface area contributed by atoms with E-state index in [0.29, 0.717) is 6.04 Å². The summed E-state index contributed by atoms with van der Waals surface area (Å²) in [6.45, 7) is 1.20. The predicted octanol–water partition coefficient (Wildman–Crippen LogP) is 0.861.